The van der Waals surface area contributed by atoms with Crippen molar-refractivity contribution in [2.75, 3.05) is 0 Å². The Morgan fingerprint density at radius 3 is 2.89 bits per heavy atom. The molecule has 0 unspecified atom stereocenters. The number of aromatic nitrogens is 2. The van der Waals surface area contributed by atoms with E-state index in [-0.39, 0.29) is 5.78 Å². The Morgan fingerprint density at radius 1 is 1.39 bits per heavy atom. The van der Waals surface area contributed by atoms with Crippen LogP contribution in [0.2, 0.25) is 0 Å². The van der Waals surface area contributed by atoms with Crippen molar-refractivity contribution in [2.45, 2.75) is 13.2 Å². The number of benzene rings is 1. The fourth-order valence-corrected chi connectivity index (χ4v) is 2.64. The van der Waals surface area contributed by atoms with Crippen LogP contribution in [0, 0.1) is 0 Å². The highest BCUT2D eigenvalue weighted by atomic mass is 79.9. The zero-order chi connectivity index (χ0) is 12.7. The molecule has 0 spiro atoms. The van der Waals surface area contributed by atoms with Crippen molar-refractivity contribution >= 4 is 21.7 Å². The predicted molar refractivity (Wildman–Crippen MR) is 69.3 cm³/mol. The van der Waals surface area contributed by atoms with E-state index < -0.39 is 0 Å². The summed E-state index contributed by atoms with van der Waals surface area (Å²) in [7, 11) is 1.76. The quantitative estimate of drug-likeness (QED) is 0.801. The van der Waals surface area contributed by atoms with Crippen molar-refractivity contribution < 1.29 is 9.53 Å². The predicted octanol–water partition coefficient (Wildman–Crippen LogP) is 2.44. The summed E-state index contributed by atoms with van der Waals surface area (Å²) < 4.78 is 7.64. The highest BCUT2D eigenvalue weighted by molar-refractivity contribution is 9.10. The zero-order valence-corrected chi connectivity index (χ0v) is 11.4. The number of nitrogens with zero attached hydrogens (tertiary/aromatic N) is 2. The molecule has 0 saturated carbocycles. The summed E-state index contributed by atoms with van der Waals surface area (Å²) in [4.78, 5) is 12.4. The minimum atomic E-state index is -0.0309. The van der Waals surface area contributed by atoms with Crippen LogP contribution < -0.4 is 0 Å². The number of aryl methyl sites for hydroxylation is 1. The van der Waals surface area contributed by atoms with E-state index in [4.69, 9.17) is 4.74 Å². The maximum absolute atomic E-state index is 12.4. The van der Waals surface area contributed by atoms with Crippen LogP contribution in [0.4, 0.5) is 0 Å². The topological polar surface area (TPSA) is 44.1 Å². The van der Waals surface area contributed by atoms with E-state index in [1.54, 1.807) is 17.9 Å². The number of ether oxygens (including phenoxy) is 1. The van der Waals surface area contributed by atoms with Gasteiger partial charge in [-0.1, -0.05) is 12.1 Å². The Kier molecular flexibility index (Phi) is 2.80. The third kappa shape index (κ3) is 1.79. The molecule has 0 amide bonds. The SMILES string of the molecule is Cn1ncc(Br)c1C(=O)c1ccc2c(c1)COC2. The van der Waals surface area contributed by atoms with E-state index in [0.717, 1.165) is 11.1 Å². The van der Waals surface area contributed by atoms with Crippen LogP contribution in [0.15, 0.2) is 28.9 Å². The molecule has 0 bridgehead atoms. The van der Waals surface area contributed by atoms with Gasteiger partial charge in [-0.15, -0.1) is 0 Å². The Bertz CT molecular complexity index is 614. The molecule has 3 rings (SSSR count). The molecule has 1 aromatic heterocycles. The number of carbonyl (C=O) groups is 1. The lowest BCUT2D eigenvalue weighted by atomic mass is 10.0. The number of hydrogen-bond acceptors (Lipinski definition) is 3. The van der Waals surface area contributed by atoms with Crippen molar-refractivity contribution in [3.8, 4) is 0 Å². The molecule has 0 radical (unpaired) electrons. The molecule has 92 valence electrons. The normalized spacial score (nSPS) is 13.7. The molecule has 1 aliphatic heterocycles. The van der Waals surface area contributed by atoms with Gasteiger partial charge in [-0.3, -0.25) is 9.48 Å². The number of ketones is 1. The van der Waals surface area contributed by atoms with E-state index in [1.807, 2.05) is 18.2 Å². The molecule has 18 heavy (non-hydrogen) atoms. The molecule has 2 aromatic rings. The lowest BCUT2D eigenvalue weighted by Crippen LogP contribution is -2.09. The molecule has 1 aliphatic rings. The maximum atomic E-state index is 12.4. The van der Waals surface area contributed by atoms with Gasteiger partial charge in [-0.2, -0.15) is 5.10 Å². The van der Waals surface area contributed by atoms with Crippen LogP contribution in [0.25, 0.3) is 0 Å². The molecule has 0 atom stereocenters. The molecule has 0 fully saturated rings. The van der Waals surface area contributed by atoms with Gasteiger partial charge in [0.15, 0.2) is 0 Å². The molecule has 2 heterocycles. The first kappa shape index (κ1) is 11.6. The number of carbonyl (C=O) groups excluding carboxylic acids is 1. The molecule has 1 aromatic carbocycles. The van der Waals surface area contributed by atoms with Crippen LogP contribution in [0.5, 0.6) is 0 Å². The number of rotatable bonds is 2. The fraction of sp³-hybridized carbons (Fsp3) is 0.231. The third-order valence-corrected chi connectivity index (χ3v) is 3.67. The number of fused-ring (bicyclic) bond motifs is 1. The molecule has 0 N–H and O–H groups in total. The van der Waals surface area contributed by atoms with E-state index in [1.165, 1.54) is 0 Å². The highest BCUT2D eigenvalue weighted by Crippen LogP contribution is 2.24. The lowest BCUT2D eigenvalue weighted by Gasteiger charge is -2.04. The second-order valence-electron chi connectivity index (χ2n) is 4.27. The monoisotopic (exact) mass is 306 g/mol. The van der Waals surface area contributed by atoms with Crippen LogP contribution in [0.3, 0.4) is 0 Å². The Balaban J connectivity index is 2.03. The minimum Gasteiger partial charge on any atom is -0.372 e. The van der Waals surface area contributed by atoms with Gasteiger partial charge in [-0.05, 0) is 33.1 Å². The maximum Gasteiger partial charge on any atom is 0.212 e. The van der Waals surface area contributed by atoms with Gasteiger partial charge in [0.1, 0.15) is 5.69 Å². The van der Waals surface area contributed by atoms with Gasteiger partial charge in [-0.25, -0.2) is 0 Å². The summed E-state index contributed by atoms with van der Waals surface area (Å²) in [6.07, 6.45) is 1.63. The highest BCUT2D eigenvalue weighted by Gasteiger charge is 2.19. The number of hydrogen-bond donors (Lipinski definition) is 0. The van der Waals surface area contributed by atoms with Gasteiger partial charge in [0.05, 0.1) is 23.9 Å². The number of halogens is 1. The smallest absolute Gasteiger partial charge is 0.212 e. The molecular formula is C13H11BrN2O2. The Labute approximate surface area is 113 Å². The zero-order valence-electron chi connectivity index (χ0n) is 9.81. The molecule has 4 nitrogen and oxygen atoms in total. The molecule has 0 aliphatic carbocycles. The Hall–Kier alpha value is -1.46. The van der Waals surface area contributed by atoms with Crippen LogP contribution in [-0.4, -0.2) is 15.6 Å². The standard InChI is InChI=1S/C13H11BrN2O2/c1-16-12(11(14)5-15-16)13(17)8-2-3-9-6-18-7-10(9)4-8/h2-5H,6-7H2,1H3. The van der Waals surface area contributed by atoms with Crippen molar-refractivity contribution in [3.05, 3.63) is 51.3 Å². The average Bonchev–Trinajstić information content (AvgIpc) is 2.94. The summed E-state index contributed by atoms with van der Waals surface area (Å²) in [6, 6.07) is 5.71. The Morgan fingerprint density at radius 2 is 2.17 bits per heavy atom. The van der Waals surface area contributed by atoms with Gasteiger partial charge in [0.2, 0.25) is 5.78 Å². The first-order chi connectivity index (χ1) is 8.66. The second kappa shape index (κ2) is 4.33. The van der Waals surface area contributed by atoms with E-state index >= 15 is 0 Å². The summed E-state index contributed by atoms with van der Waals surface area (Å²) in [5.41, 5.74) is 3.49. The molecule has 0 saturated heterocycles. The van der Waals surface area contributed by atoms with Crippen molar-refractivity contribution in [2.24, 2.45) is 7.05 Å². The summed E-state index contributed by atoms with van der Waals surface area (Å²) in [5.74, 6) is -0.0309. The fourth-order valence-electron chi connectivity index (χ4n) is 2.12. The van der Waals surface area contributed by atoms with E-state index in [2.05, 4.69) is 21.0 Å². The largest absolute Gasteiger partial charge is 0.372 e. The van der Waals surface area contributed by atoms with Gasteiger partial charge >= 0.3 is 0 Å². The minimum absolute atomic E-state index is 0.0309. The summed E-state index contributed by atoms with van der Waals surface area (Å²) in [5, 5.41) is 4.06. The van der Waals surface area contributed by atoms with Crippen LogP contribution in [0.1, 0.15) is 27.2 Å². The van der Waals surface area contributed by atoms with E-state index in [9.17, 15) is 4.79 Å². The lowest BCUT2D eigenvalue weighted by molar-refractivity contribution is 0.102. The van der Waals surface area contributed by atoms with Crippen LogP contribution in [-0.2, 0) is 25.0 Å². The van der Waals surface area contributed by atoms with E-state index in [0.29, 0.717) is 28.9 Å². The second-order valence-corrected chi connectivity index (χ2v) is 5.12. The molecular weight excluding hydrogens is 296 g/mol. The average molecular weight is 307 g/mol. The van der Waals surface area contributed by atoms with Gasteiger partial charge in [0.25, 0.3) is 0 Å². The van der Waals surface area contributed by atoms with Crippen molar-refractivity contribution in [3.63, 3.8) is 0 Å². The summed E-state index contributed by atoms with van der Waals surface area (Å²) in [6.45, 7) is 1.22. The van der Waals surface area contributed by atoms with Gasteiger partial charge < -0.3 is 4.74 Å². The third-order valence-electron chi connectivity index (χ3n) is 3.09. The van der Waals surface area contributed by atoms with Crippen molar-refractivity contribution in [1.29, 1.82) is 0 Å². The first-order valence-corrected chi connectivity index (χ1v) is 6.38. The van der Waals surface area contributed by atoms with Gasteiger partial charge in [0, 0.05) is 12.6 Å². The summed E-state index contributed by atoms with van der Waals surface area (Å²) >= 11 is 3.35. The van der Waals surface area contributed by atoms with Crippen molar-refractivity contribution in [1.82, 2.24) is 9.78 Å². The van der Waals surface area contributed by atoms with Crippen LogP contribution >= 0.6 is 15.9 Å². The molecule has 5 heteroatoms. The first-order valence-electron chi connectivity index (χ1n) is 5.58.